The highest BCUT2D eigenvalue weighted by atomic mass is 16.5. The van der Waals surface area contributed by atoms with Crippen molar-refractivity contribution in [1.29, 1.82) is 0 Å². The standard InChI is InChI=1S/C26H28N2O/c1-29-23-12-11-21-9-10-22(25(21)19-23)13-14-27-15-17-28(18-16-27)26-8-4-6-20-5-2-3-7-24(20)26/h2-8,10-12,19H,9,13-18H2,1H3. The summed E-state index contributed by atoms with van der Waals surface area (Å²) in [6, 6.07) is 21.9. The first-order valence-electron chi connectivity index (χ1n) is 10.6. The van der Waals surface area contributed by atoms with Gasteiger partial charge in [0.05, 0.1) is 7.11 Å². The number of anilines is 1. The largest absolute Gasteiger partial charge is 0.497 e. The number of piperazine rings is 1. The smallest absolute Gasteiger partial charge is 0.119 e. The van der Waals surface area contributed by atoms with E-state index >= 15 is 0 Å². The molecule has 1 fully saturated rings. The van der Waals surface area contributed by atoms with Crippen LogP contribution in [0.15, 0.2) is 66.7 Å². The van der Waals surface area contributed by atoms with Gasteiger partial charge in [0.2, 0.25) is 0 Å². The molecule has 148 valence electrons. The number of hydrogen-bond donors (Lipinski definition) is 0. The summed E-state index contributed by atoms with van der Waals surface area (Å²) in [6.07, 6.45) is 4.58. The van der Waals surface area contributed by atoms with Gasteiger partial charge in [0.15, 0.2) is 0 Å². The number of hydrogen-bond acceptors (Lipinski definition) is 3. The van der Waals surface area contributed by atoms with Gasteiger partial charge in [-0.2, -0.15) is 0 Å². The zero-order valence-corrected chi connectivity index (χ0v) is 17.1. The van der Waals surface area contributed by atoms with Crippen molar-refractivity contribution >= 4 is 22.0 Å². The lowest BCUT2D eigenvalue weighted by Gasteiger charge is -2.36. The molecular formula is C26H28N2O. The quantitative estimate of drug-likeness (QED) is 0.616. The number of allylic oxidation sites excluding steroid dienone is 1. The van der Waals surface area contributed by atoms with E-state index in [2.05, 4.69) is 76.5 Å². The minimum atomic E-state index is 0.959. The van der Waals surface area contributed by atoms with Gasteiger partial charge in [-0.3, -0.25) is 4.90 Å². The third-order valence-electron chi connectivity index (χ3n) is 6.41. The molecule has 3 nitrogen and oxygen atoms in total. The molecule has 0 aromatic heterocycles. The van der Waals surface area contributed by atoms with E-state index in [-0.39, 0.29) is 0 Å². The van der Waals surface area contributed by atoms with E-state index in [1.54, 1.807) is 7.11 Å². The number of methoxy groups -OCH3 is 1. The fourth-order valence-electron chi connectivity index (χ4n) is 4.71. The maximum atomic E-state index is 5.42. The summed E-state index contributed by atoms with van der Waals surface area (Å²) in [5.41, 5.74) is 5.68. The van der Waals surface area contributed by atoms with Crippen molar-refractivity contribution in [2.24, 2.45) is 0 Å². The zero-order valence-electron chi connectivity index (χ0n) is 17.1. The summed E-state index contributed by atoms with van der Waals surface area (Å²) < 4.78 is 5.42. The normalized spacial score (nSPS) is 16.7. The van der Waals surface area contributed by atoms with Crippen LogP contribution in [0, 0.1) is 0 Å². The molecule has 0 spiro atoms. The molecule has 3 aromatic carbocycles. The topological polar surface area (TPSA) is 15.7 Å². The predicted octanol–water partition coefficient (Wildman–Crippen LogP) is 5.00. The molecule has 1 aliphatic carbocycles. The Labute approximate surface area is 173 Å². The predicted molar refractivity (Wildman–Crippen MR) is 122 cm³/mol. The lowest BCUT2D eigenvalue weighted by Crippen LogP contribution is -2.46. The Morgan fingerprint density at radius 3 is 2.59 bits per heavy atom. The zero-order chi connectivity index (χ0) is 19.6. The molecule has 2 aliphatic rings. The average molecular weight is 385 g/mol. The summed E-state index contributed by atoms with van der Waals surface area (Å²) in [5, 5.41) is 2.69. The van der Waals surface area contributed by atoms with E-state index in [1.165, 1.54) is 33.2 Å². The minimum absolute atomic E-state index is 0.959. The fraction of sp³-hybridized carbons (Fsp3) is 0.308. The molecule has 0 saturated carbocycles. The molecule has 0 unspecified atom stereocenters. The van der Waals surface area contributed by atoms with Crippen LogP contribution < -0.4 is 9.64 Å². The second kappa shape index (κ2) is 7.92. The van der Waals surface area contributed by atoms with Crippen LogP contribution >= 0.6 is 0 Å². The van der Waals surface area contributed by atoms with Gasteiger partial charge in [-0.05, 0) is 53.1 Å². The van der Waals surface area contributed by atoms with Crippen LogP contribution in [0.2, 0.25) is 0 Å². The summed E-state index contributed by atoms with van der Waals surface area (Å²) in [6.45, 7) is 5.57. The van der Waals surface area contributed by atoms with Gasteiger partial charge in [-0.15, -0.1) is 0 Å². The second-order valence-corrected chi connectivity index (χ2v) is 8.03. The van der Waals surface area contributed by atoms with Crippen LogP contribution in [0.3, 0.4) is 0 Å². The van der Waals surface area contributed by atoms with Crippen molar-refractivity contribution in [2.45, 2.75) is 12.8 Å². The van der Waals surface area contributed by atoms with Gasteiger partial charge in [-0.25, -0.2) is 0 Å². The molecule has 1 aliphatic heterocycles. The van der Waals surface area contributed by atoms with Gasteiger partial charge < -0.3 is 9.64 Å². The average Bonchev–Trinajstić information content (AvgIpc) is 3.20. The van der Waals surface area contributed by atoms with Crippen molar-refractivity contribution in [2.75, 3.05) is 44.7 Å². The van der Waals surface area contributed by atoms with Gasteiger partial charge in [-0.1, -0.05) is 48.5 Å². The Morgan fingerprint density at radius 2 is 1.72 bits per heavy atom. The lowest BCUT2D eigenvalue weighted by atomic mass is 10.0. The van der Waals surface area contributed by atoms with E-state index in [4.69, 9.17) is 4.74 Å². The van der Waals surface area contributed by atoms with E-state index in [0.717, 1.165) is 51.3 Å². The Bertz CT molecular complexity index is 1040. The molecular weight excluding hydrogens is 356 g/mol. The third kappa shape index (κ3) is 3.63. The van der Waals surface area contributed by atoms with Crippen LogP contribution in [0.5, 0.6) is 5.75 Å². The van der Waals surface area contributed by atoms with Gasteiger partial charge >= 0.3 is 0 Å². The highest BCUT2D eigenvalue weighted by Gasteiger charge is 2.20. The summed E-state index contributed by atoms with van der Waals surface area (Å²) in [4.78, 5) is 5.16. The number of ether oxygens (including phenoxy) is 1. The Morgan fingerprint density at radius 1 is 0.897 bits per heavy atom. The Balaban J connectivity index is 1.21. The van der Waals surface area contributed by atoms with Gasteiger partial charge in [0.1, 0.15) is 5.75 Å². The van der Waals surface area contributed by atoms with Crippen molar-refractivity contribution in [3.8, 4) is 5.75 Å². The van der Waals surface area contributed by atoms with E-state index in [0.29, 0.717) is 0 Å². The van der Waals surface area contributed by atoms with Crippen molar-refractivity contribution in [3.63, 3.8) is 0 Å². The lowest BCUT2D eigenvalue weighted by molar-refractivity contribution is 0.264. The van der Waals surface area contributed by atoms with Crippen molar-refractivity contribution in [3.05, 3.63) is 77.9 Å². The number of nitrogens with zero attached hydrogens (tertiary/aromatic N) is 2. The molecule has 0 bridgehead atoms. The van der Waals surface area contributed by atoms with Crippen molar-refractivity contribution < 1.29 is 4.74 Å². The van der Waals surface area contributed by atoms with E-state index in [9.17, 15) is 0 Å². The summed E-state index contributed by atoms with van der Waals surface area (Å²) >= 11 is 0. The molecule has 0 radical (unpaired) electrons. The molecule has 5 rings (SSSR count). The SMILES string of the molecule is COc1ccc2c(c1)C(CCN1CCN(c3cccc4ccccc34)CC1)=CC2. The molecule has 0 amide bonds. The molecule has 29 heavy (non-hydrogen) atoms. The molecule has 3 aromatic rings. The van der Waals surface area contributed by atoms with Crippen LogP contribution in [0.25, 0.3) is 16.3 Å². The third-order valence-corrected chi connectivity index (χ3v) is 6.41. The molecule has 1 heterocycles. The molecule has 3 heteroatoms. The minimum Gasteiger partial charge on any atom is -0.497 e. The van der Waals surface area contributed by atoms with E-state index in [1.807, 2.05) is 0 Å². The highest BCUT2D eigenvalue weighted by molar-refractivity contribution is 5.94. The maximum absolute atomic E-state index is 5.42. The van der Waals surface area contributed by atoms with Crippen LogP contribution in [-0.2, 0) is 6.42 Å². The second-order valence-electron chi connectivity index (χ2n) is 8.03. The number of benzene rings is 3. The first kappa shape index (κ1) is 18.3. The van der Waals surface area contributed by atoms with Crippen LogP contribution in [0.4, 0.5) is 5.69 Å². The Hall–Kier alpha value is -2.78. The summed E-state index contributed by atoms with van der Waals surface area (Å²) in [5.74, 6) is 0.959. The summed E-state index contributed by atoms with van der Waals surface area (Å²) in [7, 11) is 1.75. The fourth-order valence-corrected chi connectivity index (χ4v) is 4.71. The van der Waals surface area contributed by atoms with Crippen molar-refractivity contribution in [1.82, 2.24) is 4.90 Å². The maximum Gasteiger partial charge on any atom is 0.119 e. The first-order chi connectivity index (χ1) is 14.3. The molecule has 0 atom stereocenters. The first-order valence-corrected chi connectivity index (χ1v) is 10.6. The Kier molecular flexibility index (Phi) is 4.99. The van der Waals surface area contributed by atoms with E-state index < -0.39 is 0 Å². The number of fused-ring (bicyclic) bond motifs is 2. The molecule has 0 N–H and O–H groups in total. The molecule has 1 saturated heterocycles. The number of rotatable bonds is 5. The van der Waals surface area contributed by atoms with Crippen LogP contribution in [0.1, 0.15) is 17.5 Å². The van der Waals surface area contributed by atoms with Crippen LogP contribution in [-0.4, -0.2) is 44.7 Å². The van der Waals surface area contributed by atoms with Gasteiger partial charge in [0, 0.05) is 43.8 Å². The van der Waals surface area contributed by atoms with Gasteiger partial charge in [0.25, 0.3) is 0 Å². The monoisotopic (exact) mass is 384 g/mol. The highest BCUT2D eigenvalue weighted by Crippen LogP contribution is 2.33.